The Kier molecular flexibility index (Phi) is 12.5. The third kappa shape index (κ3) is 9.05. The van der Waals surface area contributed by atoms with Crippen LogP contribution in [0.1, 0.15) is 71.3 Å². The zero-order valence-corrected chi connectivity index (χ0v) is 25.6. The molecule has 0 radical (unpaired) electrons. The maximum atomic E-state index is 8.63. The Balaban J connectivity index is 0.000000483. The van der Waals surface area contributed by atoms with Crippen molar-refractivity contribution in [1.82, 2.24) is 0 Å². The Labute approximate surface area is 254 Å². The number of benzene rings is 5. The average Bonchev–Trinajstić information content (AvgIpc) is 3.05. The van der Waals surface area contributed by atoms with Crippen molar-refractivity contribution in [1.29, 1.82) is 0 Å². The maximum absolute atomic E-state index is 8.63. The van der Waals surface area contributed by atoms with Crippen molar-refractivity contribution in [3.63, 3.8) is 0 Å². The summed E-state index contributed by atoms with van der Waals surface area (Å²) in [4.78, 5) is 0. The van der Waals surface area contributed by atoms with Gasteiger partial charge in [-0.25, -0.2) is 0 Å². The normalized spacial score (nSPS) is 13.7. The average molecular weight is 577 g/mol. The van der Waals surface area contributed by atoms with Gasteiger partial charge in [-0.15, -0.1) is 0 Å². The minimum atomic E-state index is 0.322. The molecule has 0 aromatic heterocycles. The summed E-state index contributed by atoms with van der Waals surface area (Å²) in [6.45, 7) is 4.65. The monoisotopic (exact) mass is 576 g/mol. The van der Waals surface area contributed by atoms with E-state index >= 15 is 0 Å². The second kappa shape index (κ2) is 16.8. The van der Waals surface area contributed by atoms with E-state index in [0.717, 1.165) is 12.8 Å². The smallest absolute Gasteiger partial charge is 0.115 e. The lowest BCUT2D eigenvalue weighted by atomic mass is 9.89. The van der Waals surface area contributed by atoms with Gasteiger partial charge >= 0.3 is 0 Å². The number of aromatic hydroxyl groups is 1. The molecule has 0 saturated carbocycles. The predicted octanol–water partition coefficient (Wildman–Crippen LogP) is 11.6. The van der Waals surface area contributed by atoms with Gasteiger partial charge in [-0.3, -0.25) is 0 Å². The van der Waals surface area contributed by atoms with Crippen LogP contribution in [0, 0.1) is 0 Å². The van der Waals surface area contributed by atoms with Crippen molar-refractivity contribution in [2.24, 2.45) is 0 Å². The highest BCUT2D eigenvalue weighted by atomic mass is 33.1. The van der Waals surface area contributed by atoms with E-state index < -0.39 is 0 Å². The molecule has 0 aliphatic rings. The first kappa shape index (κ1) is 30.6. The van der Waals surface area contributed by atoms with Crippen molar-refractivity contribution in [2.75, 3.05) is 0 Å². The largest absolute Gasteiger partial charge is 0.508 e. The molecule has 4 unspecified atom stereocenters. The fraction of sp³-hybridized carbons (Fsp3) is 0.211. The molecular weight excluding hydrogens is 537 g/mol. The van der Waals surface area contributed by atoms with E-state index in [1.807, 2.05) is 6.07 Å². The van der Waals surface area contributed by atoms with Gasteiger partial charge < -0.3 is 5.11 Å². The Bertz CT molecular complexity index is 1270. The summed E-state index contributed by atoms with van der Waals surface area (Å²) in [5.74, 6) is 1.26. The fourth-order valence-electron chi connectivity index (χ4n) is 5.19. The summed E-state index contributed by atoms with van der Waals surface area (Å²) in [5, 5.41) is 9.41. The first-order chi connectivity index (χ1) is 20.2. The molecule has 0 bridgehead atoms. The maximum Gasteiger partial charge on any atom is 0.115 e. The summed E-state index contributed by atoms with van der Waals surface area (Å²) in [6, 6.07) is 53.0. The topological polar surface area (TPSA) is 20.2 Å². The second-order valence-electron chi connectivity index (χ2n) is 10.0. The van der Waals surface area contributed by atoms with Crippen LogP contribution in [0.25, 0.3) is 0 Å². The molecule has 5 rings (SSSR count). The van der Waals surface area contributed by atoms with Gasteiger partial charge in [-0.05, 0) is 47.2 Å². The van der Waals surface area contributed by atoms with Gasteiger partial charge in [-0.1, -0.05) is 175 Å². The van der Waals surface area contributed by atoms with Crippen LogP contribution in [0.4, 0.5) is 0 Å². The van der Waals surface area contributed by atoms with E-state index in [1.165, 1.54) is 22.3 Å². The minimum Gasteiger partial charge on any atom is -0.508 e. The Morgan fingerprint density at radius 3 is 0.927 bits per heavy atom. The highest BCUT2D eigenvalue weighted by Gasteiger charge is 2.29. The number of hydrogen-bond acceptors (Lipinski definition) is 3. The van der Waals surface area contributed by atoms with Crippen LogP contribution in [0.2, 0.25) is 0 Å². The van der Waals surface area contributed by atoms with Crippen LogP contribution in [0.3, 0.4) is 0 Å². The molecule has 0 saturated heterocycles. The van der Waals surface area contributed by atoms with Crippen LogP contribution >= 0.6 is 21.6 Å². The molecule has 0 spiro atoms. The zero-order valence-electron chi connectivity index (χ0n) is 23.9. The van der Waals surface area contributed by atoms with Crippen molar-refractivity contribution in [2.45, 2.75) is 49.0 Å². The number of phenols is 1. The van der Waals surface area contributed by atoms with E-state index in [-0.39, 0.29) is 0 Å². The molecule has 210 valence electrons. The van der Waals surface area contributed by atoms with Gasteiger partial charge in [0.1, 0.15) is 5.75 Å². The highest BCUT2D eigenvalue weighted by Crippen LogP contribution is 2.56. The van der Waals surface area contributed by atoms with Crippen molar-refractivity contribution in [3.05, 3.63) is 174 Å². The summed E-state index contributed by atoms with van der Waals surface area (Å²) in [5.41, 5.74) is 5.68. The first-order valence-corrected chi connectivity index (χ1v) is 16.7. The quantitative estimate of drug-likeness (QED) is 0.158. The molecule has 0 heterocycles. The van der Waals surface area contributed by atoms with E-state index in [9.17, 15) is 0 Å². The van der Waals surface area contributed by atoms with E-state index in [0.29, 0.717) is 28.1 Å². The molecule has 4 atom stereocenters. The molecule has 0 aliphatic heterocycles. The molecule has 0 amide bonds. The standard InChI is InChI=1S/C32H34S2.C6H6O/c1-3-29(25-17-9-5-10-18-25)31(27-21-13-7-14-22-27)33-34-32(28-23-15-8-16-24-28)30(4-2)26-19-11-6-12-20-26;7-6-4-2-1-3-5-6/h5-24,29-32H,3-4H2,1-2H3;1-5,7H. The Morgan fingerprint density at radius 1 is 0.415 bits per heavy atom. The van der Waals surface area contributed by atoms with Crippen LogP contribution in [-0.4, -0.2) is 5.11 Å². The second-order valence-corrected chi connectivity index (χ2v) is 12.6. The van der Waals surface area contributed by atoms with Gasteiger partial charge in [0.25, 0.3) is 0 Å². The molecule has 5 aromatic rings. The molecule has 1 nitrogen and oxygen atoms in total. The number of para-hydroxylation sites is 1. The third-order valence-corrected chi connectivity index (χ3v) is 10.6. The van der Waals surface area contributed by atoms with Crippen molar-refractivity contribution >= 4 is 21.6 Å². The summed E-state index contributed by atoms with van der Waals surface area (Å²) >= 11 is 0. The molecular formula is C38H40OS2. The van der Waals surface area contributed by atoms with Crippen LogP contribution in [0.15, 0.2) is 152 Å². The number of phenolic OH excluding ortho intramolecular Hbond substituents is 1. The van der Waals surface area contributed by atoms with Gasteiger partial charge in [0.15, 0.2) is 0 Å². The minimum absolute atomic E-state index is 0.322. The fourth-order valence-corrected chi connectivity index (χ4v) is 9.13. The summed E-state index contributed by atoms with van der Waals surface area (Å²) in [6.07, 6.45) is 2.23. The predicted molar refractivity (Wildman–Crippen MR) is 181 cm³/mol. The summed E-state index contributed by atoms with van der Waals surface area (Å²) in [7, 11) is 4.12. The van der Waals surface area contributed by atoms with Crippen molar-refractivity contribution < 1.29 is 5.11 Å². The SMILES string of the molecule is CCC(c1ccccc1)C(SSC(c1ccccc1)C(CC)c1ccccc1)c1ccccc1.Oc1ccccc1. The molecule has 41 heavy (non-hydrogen) atoms. The molecule has 3 heteroatoms. The highest BCUT2D eigenvalue weighted by molar-refractivity contribution is 8.76. The molecule has 0 fully saturated rings. The number of rotatable bonds is 11. The van der Waals surface area contributed by atoms with Crippen LogP contribution in [-0.2, 0) is 0 Å². The Morgan fingerprint density at radius 2 is 0.683 bits per heavy atom. The van der Waals surface area contributed by atoms with Crippen molar-refractivity contribution in [3.8, 4) is 5.75 Å². The van der Waals surface area contributed by atoms with Crippen LogP contribution in [0.5, 0.6) is 5.75 Å². The lowest BCUT2D eigenvalue weighted by molar-refractivity contribution is 0.475. The molecule has 0 aliphatic carbocycles. The van der Waals surface area contributed by atoms with E-state index in [4.69, 9.17) is 5.11 Å². The lowest BCUT2D eigenvalue weighted by Gasteiger charge is -2.31. The van der Waals surface area contributed by atoms with E-state index in [2.05, 4.69) is 157 Å². The first-order valence-electron chi connectivity index (χ1n) is 14.5. The molecule has 1 N–H and O–H groups in total. The van der Waals surface area contributed by atoms with Gasteiger partial charge in [0.05, 0.1) is 0 Å². The van der Waals surface area contributed by atoms with Gasteiger partial charge in [-0.2, -0.15) is 0 Å². The molecule has 5 aromatic carbocycles. The summed E-state index contributed by atoms with van der Waals surface area (Å²) < 4.78 is 0. The Hall–Kier alpha value is -3.40. The van der Waals surface area contributed by atoms with Gasteiger partial charge in [0.2, 0.25) is 0 Å². The lowest BCUT2D eigenvalue weighted by Crippen LogP contribution is -2.10. The zero-order chi connectivity index (χ0) is 28.7. The van der Waals surface area contributed by atoms with Gasteiger partial charge in [0, 0.05) is 22.3 Å². The van der Waals surface area contributed by atoms with Crippen LogP contribution < -0.4 is 0 Å². The third-order valence-electron chi connectivity index (χ3n) is 7.34. The van der Waals surface area contributed by atoms with E-state index in [1.54, 1.807) is 24.3 Å². The number of hydrogen-bond donors (Lipinski definition) is 1.